The van der Waals surface area contributed by atoms with Crippen LogP contribution in [0.2, 0.25) is 5.15 Å². The van der Waals surface area contributed by atoms with E-state index in [1.807, 2.05) is 18.3 Å². The van der Waals surface area contributed by atoms with Crippen molar-refractivity contribution in [2.75, 3.05) is 35.6 Å². The Morgan fingerprint density at radius 1 is 1.29 bits per heavy atom. The van der Waals surface area contributed by atoms with Gasteiger partial charge in [-0.15, -0.1) is 0 Å². The zero-order valence-corrected chi connectivity index (χ0v) is 14.1. The molecule has 128 valence electrons. The molecule has 0 atom stereocenters. The smallest absolute Gasteiger partial charge is 0.223 e. The molecule has 1 aliphatic rings. The summed E-state index contributed by atoms with van der Waals surface area (Å²) in [5.41, 5.74) is 6.61. The monoisotopic (exact) mass is 348 g/mol. The fourth-order valence-electron chi connectivity index (χ4n) is 2.77. The van der Waals surface area contributed by atoms with Crippen molar-refractivity contribution in [2.24, 2.45) is 5.92 Å². The molecule has 1 fully saturated rings. The van der Waals surface area contributed by atoms with E-state index in [0.29, 0.717) is 23.4 Å². The van der Waals surface area contributed by atoms with Gasteiger partial charge in [-0.2, -0.15) is 4.98 Å². The maximum Gasteiger partial charge on any atom is 0.223 e. The van der Waals surface area contributed by atoms with Gasteiger partial charge in [-0.1, -0.05) is 17.7 Å². The minimum absolute atomic E-state index is 0.143. The van der Waals surface area contributed by atoms with Gasteiger partial charge in [0, 0.05) is 38.5 Å². The number of nitrogen functional groups attached to an aromatic ring is 1. The molecule has 24 heavy (non-hydrogen) atoms. The highest BCUT2D eigenvalue weighted by Gasteiger charge is 2.19. The molecular formula is C16H21ClN6O. The number of piperidine rings is 1. The predicted molar refractivity (Wildman–Crippen MR) is 95.0 cm³/mol. The Kier molecular flexibility index (Phi) is 5.32. The first kappa shape index (κ1) is 16.7. The molecule has 7 nitrogen and oxygen atoms in total. The molecule has 8 heteroatoms. The van der Waals surface area contributed by atoms with Crippen LogP contribution in [0.25, 0.3) is 0 Å². The molecule has 1 saturated heterocycles. The maximum atomic E-state index is 9.21. The fraction of sp³-hybridized carbons (Fsp3) is 0.438. The number of nitrogens with one attached hydrogen (secondary N) is 1. The van der Waals surface area contributed by atoms with Crippen LogP contribution < -0.4 is 16.0 Å². The molecule has 1 aliphatic heterocycles. The summed E-state index contributed by atoms with van der Waals surface area (Å²) in [4.78, 5) is 14.7. The number of halogens is 1. The molecule has 0 spiro atoms. The van der Waals surface area contributed by atoms with Gasteiger partial charge in [0.2, 0.25) is 5.95 Å². The molecule has 0 radical (unpaired) electrons. The van der Waals surface area contributed by atoms with Crippen LogP contribution in [0.3, 0.4) is 0 Å². The molecule has 4 N–H and O–H groups in total. The highest BCUT2D eigenvalue weighted by molar-refractivity contribution is 6.29. The van der Waals surface area contributed by atoms with Gasteiger partial charge in [0.05, 0.1) is 0 Å². The van der Waals surface area contributed by atoms with Gasteiger partial charge in [0.25, 0.3) is 0 Å². The van der Waals surface area contributed by atoms with E-state index in [0.717, 1.165) is 37.3 Å². The lowest BCUT2D eigenvalue weighted by atomic mass is 9.98. The molecule has 0 aromatic carbocycles. The van der Waals surface area contributed by atoms with Crippen LogP contribution in [-0.4, -0.2) is 39.8 Å². The molecule has 3 heterocycles. The summed E-state index contributed by atoms with van der Waals surface area (Å²) >= 11 is 5.85. The molecule has 0 aliphatic carbocycles. The fourth-order valence-corrected chi connectivity index (χ4v) is 2.96. The summed E-state index contributed by atoms with van der Waals surface area (Å²) in [6.45, 7) is 2.74. The molecule has 0 amide bonds. The number of anilines is 3. The van der Waals surface area contributed by atoms with Crippen molar-refractivity contribution in [1.82, 2.24) is 15.0 Å². The Morgan fingerprint density at radius 3 is 2.71 bits per heavy atom. The van der Waals surface area contributed by atoms with Gasteiger partial charge in [0.1, 0.15) is 16.8 Å². The van der Waals surface area contributed by atoms with Gasteiger partial charge in [-0.25, -0.2) is 9.97 Å². The predicted octanol–water partition coefficient (Wildman–Crippen LogP) is 1.93. The summed E-state index contributed by atoms with van der Waals surface area (Å²) in [5, 5.41) is 12.7. The third-order valence-electron chi connectivity index (χ3n) is 4.19. The van der Waals surface area contributed by atoms with Crippen molar-refractivity contribution >= 4 is 29.2 Å². The van der Waals surface area contributed by atoms with Crippen molar-refractivity contribution < 1.29 is 5.11 Å². The second-order valence-electron chi connectivity index (χ2n) is 5.93. The Hall–Kier alpha value is -2.12. The number of aliphatic hydroxyl groups is 1. The number of nitrogens with two attached hydrogens (primary N) is 1. The van der Waals surface area contributed by atoms with E-state index in [9.17, 15) is 5.11 Å². The third kappa shape index (κ3) is 4.24. The molecule has 0 saturated carbocycles. The lowest BCUT2D eigenvalue weighted by molar-refractivity contribution is 0.203. The van der Waals surface area contributed by atoms with Crippen molar-refractivity contribution in [3.05, 3.63) is 35.1 Å². The van der Waals surface area contributed by atoms with Gasteiger partial charge in [-0.05, 0) is 30.4 Å². The van der Waals surface area contributed by atoms with Gasteiger partial charge >= 0.3 is 0 Å². The van der Waals surface area contributed by atoms with Crippen LogP contribution in [0.5, 0.6) is 0 Å². The molecular weight excluding hydrogens is 328 g/mol. The third-order valence-corrected chi connectivity index (χ3v) is 4.39. The first-order valence-electron chi connectivity index (χ1n) is 7.98. The Bertz CT molecular complexity index is 653. The van der Waals surface area contributed by atoms with Gasteiger partial charge < -0.3 is 21.1 Å². The summed E-state index contributed by atoms with van der Waals surface area (Å²) in [6, 6.07) is 5.70. The van der Waals surface area contributed by atoms with Gasteiger partial charge in [-0.3, -0.25) is 0 Å². The Balaban J connectivity index is 1.56. The van der Waals surface area contributed by atoms with E-state index in [4.69, 9.17) is 17.3 Å². The average molecular weight is 349 g/mol. The van der Waals surface area contributed by atoms with Gasteiger partial charge in [0.15, 0.2) is 0 Å². The number of pyridine rings is 1. The zero-order valence-electron chi connectivity index (χ0n) is 13.3. The molecule has 2 aromatic heterocycles. The van der Waals surface area contributed by atoms with E-state index in [1.165, 1.54) is 0 Å². The van der Waals surface area contributed by atoms with E-state index in [2.05, 4.69) is 25.2 Å². The van der Waals surface area contributed by atoms with Crippen LogP contribution in [-0.2, 0) is 6.54 Å². The van der Waals surface area contributed by atoms with Crippen LogP contribution in [0, 0.1) is 5.92 Å². The quantitative estimate of drug-likeness (QED) is 0.710. The Morgan fingerprint density at radius 2 is 2.08 bits per heavy atom. The SMILES string of the molecule is Nc1nc(Cl)cc(NCc2ccc(N3CCC(CO)CC3)nc2)n1. The standard InChI is InChI=1S/C16H21ClN6O/c17-13-7-14(22-16(18)21-13)19-8-12-1-2-15(20-9-12)23-5-3-11(10-24)4-6-23/h1-2,7,9,11,24H,3-6,8,10H2,(H3,18,19,21,22). The summed E-state index contributed by atoms with van der Waals surface area (Å²) in [5.74, 6) is 2.13. The number of aromatic nitrogens is 3. The highest BCUT2D eigenvalue weighted by atomic mass is 35.5. The van der Waals surface area contributed by atoms with E-state index in [-0.39, 0.29) is 12.6 Å². The largest absolute Gasteiger partial charge is 0.396 e. The lowest BCUT2D eigenvalue weighted by Crippen LogP contribution is -2.35. The topological polar surface area (TPSA) is 100 Å². The number of hydrogen-bond donors (Lipinski definition) is 3. The second kappa shape index (κ2) is 7.63. The number of aliphatic hydroxyl groups excluding tert-OH is 1. The average Bonchev–Trinajstić information content (AvgIpc) is 2.60. The highest BCUT2D eigenvalue weighted by Crippen LogP contribution is 2.21. The van der Waals surface area contributed by atoms with Crippen LogP contribution in [0.15, 0.2) is 24.4 Å². The van der Waals surface area contributed by atoms with E-state index >= 15 is 0 Å². The first-order valence-corrected chi connectivity index (χ1v) is 8.36. The number of rotatable bonds is 5. The number of hydrogen-bond acceptors (Lipinski definition) is 7. The molecule has 3 rings (SSSR count). The minimum atomic E-state index is 0.143. The van der Waals surface area contributed by atoms with Crippen molar-refractivity contribution in [1.29, 1.82) is 0 Å². The second-order valence-corrected chi connectivity index (χ2v) is 6.31. The molecule has 2 aromatic rings. The van der Waals surface area contributed by atoms with Crippen LogP contribution in [0.1, 0.15) is 18.4 Å². The lowest BCUT2D eigenvalue weighted by Gasteiger charge is -2.32. The van der Waals surface area contributed by atoms with Crippen molar-refractivity contribution in [3.8, 4) is 0 Å². The van der Waals surface area contributed by atoms with Crippen LogP contribution in [0.4, 0.5) is 17.6 Å². The van der Waals surface area contributed by atoms with E-state index < -0.39 is 0 Å². The normalized spacial score (nSPS) is 15.5. The minimum Gasteiger partial charge on any atom is -0.396 e. The molecule has 0 unspecified atom stereocenters. The summed E-state index contributed by atoms with van der Waals surface area (Å²) in [7, 11) is 0. The zero-order chi connectivity index (χ0) is 16.9. The van der Waals surface area contributed by atoms with Crippen LogP contribution >= 0.6 is 11.6 Å². The molecule has 0 bridgehead atoms. The number of nitrogens with zero attached hydrogens (tertiary/aromatic N) is 4. The summed E-state index contributed by atoms with van der Waals surface area (Å²) in [6.07, 6.45) is 3.88. The maximum absolute atomic E-state index is 9.21. The Labute approximate surface area is 145 Å². The van der Waals surface area contributed by atoms with Crippen molar-refractivity contribution in [2.45, 2.75) is 19.4 Å². The summed E-state index contributed by atoms with van der Waals surface area (Å²) < 4.78 is 0. The van der Waals surface area contributed by atoms with Crippen molar-refractivity contribution in [3.63, 3.8) is 0 Å². The van der Waals surface area contributed by atoms with E-state index in [1.54, 1.807) is 6.07 Å². The first-order chi connectivity index (χ1) is 11.6.